The summed E-state index contributed by atoms with van der Waals surface area (Å²) >= 11 is 1.59. The van der Waals surface area contributed by atoms with Crippen LogP contribution in [0.2, 0.25) is 0 Å². The normalized spacial score (nSPS) is 11.2. The molecule has 4 aromatic rings. The van der Waals surface area contributed by atoms with Crippen molar-refractivity contribution in [1.29, 1.82) is 0 Å². The molecule has 146 valence electrons. The van der Waals surface area contributed by atoms with Gasteiger partial charge in [-0.1, -0.05) is 18.2 Å². The molecule has 0 fully saturated rings. The fraction of sp³-hybridized carbons (Fsp3) is 0.0909. The maximum absolute atomic E-state index is 13.1. The molecule has 0 aliphatic heterocycles. The predicted molar refractivity (Wildman–Crippen MR) is 113 cm³/mol. The van der Waals surface area contributed by atoms with E-state index in [1.165, 1.54) is 19.2 Å². The predicted octanol–water partition coefficient (Wildman–Crippen LogP) is 4.87. The smallest absolute Gasteiger partial charge is 0.255 e. The van der Waals surface area contributed by atoms with E-state index >= 15 is 0 Å². The van der Waals surface area contributed by atoms with E-state index in [2.05, 4.69) is 15.5 Å². The largest absolute Gasteiger partial charge is 0.495 e. The quantitative estimate of drug-likeness (QED) is 0.479. The molecule has 0 radical (unpaired) electrons. The molecule has 2 N–H and O–H groups in total. The summed E-state index contributed by atoms with van der Waals surface area (Å²) in [5.74, 6) is -0.0450. The molecule has 2 heterocycles. The van der Waals surface area contributed by atoms with Crippen molar-refractivity contribution in [2.45, 2.75) is 6.54 Å². The summed E-state index contributed by atoms with van der Waals surface area (Å²) in [6.45, 7) is 0.451. The molecule has 7 heteroatoms. The van der Waals surface area contributed by atoms with Gasteiger partial charge in [0.05, 0.1) is 29.3 Å². The number of aromatic nitrogens is 2. The van der Waals surface area contributed by atoms with Crippen LogP contribution in [0.25, 0.3) is 23.1 Å². The van der Waals surface area contributed by atoms with Crippen molar-refractivity contribution < 1.29 is 13.9 Å². The Hall–Kier alpha value is -3.45. The van der Waals surface area contributed by atoms with Gasteiger partial charge < -0.3 is 10.1 Å². The highest BCUT2D eigenvalue weighted by atomic mass is 32.1. The number of ether oxygens (including phenoxy) is 1. The summed E-state index contributed by atoms with van der Waals surface area (Å²) in [6, 6.07) is 11.6. The molecule has 5 nitrogen and oxygen atoms in total. The summed E-state index contributed by atoms with van der Waals surface area (Å²) in [7, 11) is 1.53. The zero-order chi connectivity index (χ0) is 20.2. The minimum atomic E-state index is -0.283. The number of nitrogens with zero attached hydrogens (tertiary/aromatic N) is 1. The van der Waals surface area contributed by atoms with E-state index in [9.17, 15) is 9.18 Å². The molecule has 2 aromatic carbocycles. The first-order chi connectivity index (χ1) is 14.2. The third-order valence-electron chi connectivity index (χ3n) is 4.50. The molecule has 1 amide bonds. The van der Waals surface area contributed by atoms with Crippen molar-refractivity contribution in [1.82, 2.24) is 15.5 Å². The third-order valence-corrected chi connectivity index (χ3v) is 5.23. The second kappa shape index (κ2) is 8.28. The second-order valence-corrected chi connectivity index (χ2v) is 7.16. The number of hydrogen-bond acceptors (Lipinski definition) is 4. The number of carbonyl (C=O) groups excluding carboxylic acids is 1. The minimum absolute atomic E-state index is 0.218. The van der Waals surface area contributed by atoms with E-state index in [1.54, 1.807) is 35.6 Å². The van der Waals surface area contributed by atoms with Crippen LogP contribution in [0.15, 0.2) is 53.2 Å². The summed E-state index contributed by atoms with van der Waals surface area (Å²) in [5.41, 5.74) is 3.73. The van der Waals surface area contributed by atoms with Gasteiger partial charge in [-0.25, -0.2) is 4.39 Å². The zero-order valence-electron chi connectivity index (χ0n) is 15.6. The summed E-state index contributed by atoms with van der Waals surface area (Å²) in [5, 5.41) is 14.9. The number of thiophene rings is 1. The van der Waals surface area contributed by atoms with Gasteiger partial charge in [0.1, 0.15) is 11.6 Å². The average molecular weight is 407 g/mol. The number of rotatable bonds is 6. The molecule has 29 heavy (non-hydrogen) atoms. The Morgan fingerprint density at radius 2 is 2.03 bits per heavy atom. The van der Waals surface area contributed by atoms with E-state index < -0.39 is 0 Å². The number of nitrogens with one attached hydrogen (secondary N) is 2. The highest BCUT2D eigenvalue weighted by Crippen LogP contribution is 2.32. The molecule has 2 aromatic heterocycles. The van der Waals surface area contributed by atoms with Crippen molar-refractivity contribution >= 4 is 40.3 Å². The Kier molecular flexibility index (Phi) is 5.39. The number of aromatic amines is 1. The number of amides is 1. The Bertz CT molecular complexity index is 1160. The lowest BCUT2D eigenvalue weighted by Gasteiger charge is -2.10. The van der Waals surface area contributed by atoms with Crippen LogP contribution in [0.4, 0.5) is 4.39 Å². The SMILES string of the molecule is COc1c(C(=O)NCc2ccsc2)ccc2n[nH]c(/C=C/c3ccc(F)cc3)c12. The highest BCUT2D eigenvalue weighted by Gasteiger charge is 2.18. The standard InChI is InChI=1S/C22H18FN3O2S/c1-28-21-17(22(27)24-12-15-10-11-29-13-15)7-9-19-20(21)18(25-26-19)8-4-14-2-5-16(23)6-3-14/h2-11,13H,12H2,1H3,(H,24,27)(H,25,26)/b8-4+. The van der Waals surface area contributed by atoms with Crippen molar-refractivity contribution in [2.75, 3.05) is 7.11 Å². The van der Waals surface area contributed by atoms with E-state index in [-0.39, 0.29) is 11.7 Å². The monoisotopic (exact) mass is 407 g/mol. The van der Waals surface area contributed by atoms with Gasteiger partial charge >= 0.3 is 0 Å². The van der Waals surface area contributed by atoms with Gasteiger partial charge in [0.25, 0.3) is 5.91 Å². The topological polar surface area (TPSA) is 67.0 Å². The van der Waals surface area contributed by atoms with E-state index in [1.807, 2.05) is 29.0 Å². The fourth-order valence-corrected chi connectivity index (χ4v) is 3.71. The third kappa shape index (κ3) is 4.05. The lowest BCUT2D eigenvalue weighted by molar-refractivity contribution is 0.0948. The van der Waals surface area contributed by atoms with Crippen LogP contribution in [0.3, 0.4) is 0 Å². The van der Waals surface area contributed by atoms with Crippen molar-refractivity contribution in [3.8, 4) is 5.75 Å². The molecular formula is C22H18FN3O2S. The van der Waals surface area contributed by atoms with E-state index in [4.69, 9.17) is 4.74 Å². The van der Waals surface area contributed by atoms with E-state index in [0.717, 1.165) is 11.1 Å². The zero-order valence-corrected chi connectivity index (χ0v) is 16.4. The maximum atomic E-state index is 13.1. The van der Waals surface area contributed by atoms with Crippen molar-refractivity contribution in [3.63, 3.8) is 0 Å². The number of benzene rings is 2. The first-order valence-electron chi connectivity index (χ1n) is 8.93. The number of methoxy groups -OCH3 is 1. The van der Waals surface area contributed by atoms with Gasteiger partial charge in [-0.2, -0.15) is 16.4 Å². The van der Waals surface area contributed by atoms with Gasteiger partial charge in [0, 0.05) is 6.54 Å². The molecule has 0 aliphatic rings. The lowest BCUT2D eigenvalue weighted by atomic mass is 10.1. The molecule has 0 spiro atoms. The average Bonchev–Trinajstić information content (AvgIpc) is 3.40. The Morgan fingerprint density at radius 1 is 1.21 bits per heavy atom. The van der Waals surface area contributed by atoms with Gasteiger partial charge in [-0.15, -0.1) is 0 Å². The van der Waals surface area contributed by atoms with Gasteiger partial charge in [0.2, 0.25) is 0 Å². The van der Waals surface area contributed by atoms with Crippen LogP contribution >= 0.6 is 11.3 Å². The summed E-state index contributed by atoms with van der Waals surface area (Å²) in [4.78, 5) is 12.7. The van der Waals surface area contributed by atoms with Crippen LogP contribution in [0, 0.1) is 5.82 Å². The molecular weight excluding hydrogens is 389 g/mol. The molecule has 4 rings (SSSR count). The second-order valence-electron chi connectivity index (χ2n) is 6.38. The Morgan fingerprint density at radius 3 is 2.76 bits per heavy atom. The van der Waals surface area contributed by atoms with Gasteiger partial charge in [-0.3, -0.25) is 9.89 Å². The van der Waals surface area contributed by atoms with Gasteiger partial charge in [0.15, 0.2) is 0 Å². The molecule has 0 unspecified atom stereocenters. The lowest BCUT2D eigenvalue weighted by Crippen LogP contribution is -2.23. The van der Waals surface area contributed by atoms with Crippen molar-refractivity contribution in [3.05, 3.63) is 81.4 Å². The maximum Gasteiger partial charge on any atom is 0.255 e. The molecule has 0 aliphatic carbocycles. The Labute approximate surface area is 170 Å². The highest BCUT2D eigenvalue weighted by molar-refractivity contribution is 7.07. The van der Waals surface area contributed by atoms with Crippen LogP contribution in [0.5, 0.6) is 5.75 Å². The van der Waals surface area contributed by atoms with Crippen LogP contribution in [-0.2, 0) is 6.54 Å². The van der Waals surface area contributed by atoms with Crippen molar-refractivity contribution in [2.24, 2.45) is 0 Å². The van der Waals surface area contributed by atoms with E-state index in [0.29, 0.717) is 34.5 Å². The first kappa shape index (κ1) is 18.9. The molecule has 0 saturated heterocycles. The minimum Gasteiger partial charge on any atom is -0.495 e. The fourth-order valence-electron chi connectivity index (χ4n) is 3.04. The summed E-state index contributed by atoms with van der Waals surface area (Å²) < 4.78 is 18.7. The number of hydrogen-bond donors (Lipinski definition) is 2. The molecule has 0 saturated carbocycles. The number of fused-ring (bicyclic) bond motifs is 1. The molecule has 0 bridgehead atoms. The number of carbonyl (C=O) groups is 1. The van der Waals surface area contributed by atoms with Crippen LogP contribution in [-0.4, -0.2) is 23.2 Å². The molecule has 0 atom stereocenters. The van der Waals surface area contributed by atoms with Crippen LogP contribution in [0.1, 0.15) is 27.2 Å². The van der Waals surface area contributed by atoms with Crippen LogP contribution < -0.4 is 10.1 Å². The summed E-state index contributed by atoms with van der Waals surface area (Å²) in [6.07, 6.45) is 3.67. The van der Waals surface area contributed by atoms with Gasteiger partial charge in [-0.05, 0) is 58.3 Å². The number of halogens is 1. The first-order valence-corrected chi connectivity index (χ1v) is 9.88. The Balaban J connectivity index is 1.65. The number of H-pyrrole nitrogens is 1.